The van der Waals surface area contributed by atoms with Crippen LogP contribution in [0.15, 0.2) is 46.4 Å². The number of carbonyl (C=O) groups excluding carboxylic acids is 1. The number of hydrogen-bond donors (Lipinski definition) is 2. The van der Waals surface area contributed by atoms with Gasteiger partial charge in [-0.15, -0.1) is 11.3 Å². The number of amides is 1. The van der Waals surface area contributed by atoms with Crippen LogP contribution in [0.2, 0.25) is 0 Å². The van der Waals surface area contributed by atoms with Crippen molar-refractivity contribution < 1.29 is 14.6 Å². The SMILES string of the molecule is C[C@H](Nc1nccc(N2C(=O)OC[C@@H]2[C@@H](C)O)n1)c1nc(-c2ccc(Br)cc2)cs1. The molecule has 3 atom stereocenters. The number of rotatable bonds is 6. The molecule has 1 amide bonds. The quantitative estimate of drug-likeness (QED) is 0.533. The Morgan fingerprint density at radius 3 is 2.77 bits per heavy atom. The maximum Gasteiger partial charge on any atom is 0.416 e. The third kappa shape index (κ3) is 4.30. The summed E-state index contributed by atoms with van der Waals surface area (Å²) in [6.07, 6.45) is 0.295. The second-order valence-corrected chi connectivity index (χ2v) is 8.74. The molecule has 2 N–H and O–H groups in total. The van der Waals surface area contributed by atoms with Crippen molar-refractivity contribution in [2.75, 3.05) is 16.8 Å². The van der Waals surface area contributed by atoms with Gasteiger partial charge in [-0.05, 0) is 32.0 Å². The number of benzene rings is 1. The fourth-order valence-electron chi connectivity index (χ4n) is 3.10. The highest BCUT2D eigenvalue weighted by molar-refractivity contribution is 9.10. The summed E-state index contributed by atoms with van der Waals surface area (Å²) in [7, 11) is 0. The Kier molecular flexibility index (Phi) is 5.98. The summed E-state index contributed by atoms with van der Waals surface area (Å²) in [5.74, 6) is 0.743. The van der Waals surface area contributed by atoms with Crippen molar-refractivity contribution in [2.24, 2.45) is 0 Å². The van der Waals surface area contributed by atoms with E-state index in [2.05, 4.69) is 31.2 Å². The van der Waals surface area contributed by atoms with Crippen LogP contribution in [0.3, 0.4) is 0 Å². The molecule has 2 aromatic heterocycles. The first-order valence-electron chi connectivity index (χ1n) is 9.37. The maximum absolute atomic E-state index is 12.1. The van der Waals surface area contributed by atoms with E-state index in [1.54, 1.807) is 30.5 Å². The zero-order valence-corrected chi connectivity index (χ0v) is 18.7. The Morgan fingerprint density at radius 2 is 2.03 bits per heavy atom. The predicted molar refractivity (Wildman–Crippen MR) is 119 cm³/mol. The van der Waals surface area contributed by atoms with Crippen LogP contribution >= 0.6 is 27.3 Å². The van der Waals surface area contributed by atoms with E-state index in [0.29, 0.717) is 11.8 Å². The Morgan fingerprint density at radius 1 is 1.27 bits per heavy atom. The number of halogens is 1. The monoisotopic (exact) mass is 489 g/mol. The van der Waals surface area contributed by atoms with Gasteiger partial charge in [-0.25, -0.2) is 14.8 Å². The van der Waals surface area contributed by atoms with Gasteiger partial charge in [0.25, 0.3) is 0 Å². The summed E-state index contributed by atoms with van der Waals surface area (Å²) in [6, 6.07) is 9.01. The highest BCUT2D eigenvalue weighted by Crippen LogP contribution is 2.29. The molecule has 1 aliphatic rings. The van der Waals surface area contributed by atoms with Gasteiger partial charge in [0.2, 0.25) is 5.95 Å². The van der Waals surface area contributed by atoms with E-state index < -0.39 is 18.2 Å². The summed E-state index contributed by atoms with van der Waals surface area (Å²) in [5, 5.41) is 16.1. The van der Waals surface area contributed by atoms with Crippen LogP contribution in [-0.4, -0.2) is 44.9 Å². The van der Waals surface area contributed by atoms with Crippen molar-refractivity contribution >= 4 is 45.1 Å². The first kappa shape index (κ1) is 20.7. The van der Waals surface area contributed by atoms with Gasteiger partial charge in [0.1, 0.15) is 23.5 Å². The molecule has 0 radical (unpaired) electrons. The van der Waals surface area contributed by atoms with Crippen LogP contribution in [0.4, 0.5) is 16.6 Å². The standard InChI is InChI=1S/C20H20BrN5O3S/c1-11(18-24-15(10-30-18)13-3-5-14(21)6-4-13)23-19-22-8-7-17(25-19)26-16(12(2)27)9-29-20(26)28/h3-8,10-12,16,27H,9H2,1-2H3,(H,22,23,25)/t11-,12+,16+/m0/s1. The van der Waals surface area contributed by atoms with Crippen molar-refractivity contribution in [3.05, 3.63) is 51.4 Å². The van der Waals surface area contributed by atoms with Gasteiger partial charge in [0.15, 0.2) is 0 Å². The second kappa shape index (κ2) is 8.66. The van der Waals surface area contributed by atoms with E-state index in [1.165, 1.54) is 4.90 Å². The van der Waals surface area contributed by atoms with E-state index in [9.17, 15) is 9.90 Å². The largest absolute Gasteiger partial charge is 0.447 e. The molecular weight excluding hydrogens is 470 g/mol. The minimum atomic E-state index is -0.742. The molecule has 156 valence electrons. The average molecular weight is 490 g/mol. The number of anilines is 2. The van der Waals surface area contributed by atoms with Crippen molar-refractivity contribution in [3.63, 3.8) is 0 Å². The van der Waals surface area contributed by atoms with Crippen LogP contribution in [0.1, 0.15) is 24.9 Å². The van der Waals surface area contributed by atoms with Crippen LogP contribution in [0.25, 0.3) is 11.3 Å². The molecule has 0 spiro atoms. The van der Waals surface area contributed by atoms with Gasteiger partial charge < -0.3 is 15.2 Å². The van der Waals surface area contributed by atoms with E-state index in [4.69, 9.17) is 9.72 Å². The normalized spacial score (nSPS) is 18.2. The zero-order chi connectivity index (χ0) is 21.3. The number of thiazole rings is 1. The highest BCUT2D eigenvalue weighted by atomic mass is 79.9. The van der Waals surface area contributed by atoms with Crippen molar-refractivity contribution in [1.29, 1.82) is 0 Å². The van der Waals surface area contributed by atoms with Gasteiger partial charge in [0.05, 0.1) is 17.8 Å². The molecule has 0 aliphatic carbocycles. The number of aliphatic hydroxyl groups excluding tert-OH is 1. The zero-order valence-electron chi connectivity index (χ0n) is 16.3. The molecular formula is C20H20BrN5O3S. The molecule has 30 heavy (non-hydrogen) atoms. The van der Waals surface area contributed by atoms with Crippen LogP contribution < -0.4 is 10.2 Å². The minimum Gasteiger partial charge on any atom is -0.447 e. The number of nitrogens with one attached hydrogen (secondary N) is 1. The summed E-state index contributed by atoms with van der Waals surface area (Å²) in [4.78, 5) is 26.9. The summed E-state index contributed by atoms with van der Waals surface area (Å²) >= 11 is 4.99. The van der Waals surface area contributed by atoms with Gasteiger partial charge in [0, 0.05) is 21.6 Å². The molecule has 1 fully saturated rings. The summed E-state index contributed by atoms with van der Waals surface area (Å²) < 4.78 is 6.09. The second-order valence-electron chi connectivity index (χ2n) is 6.94. The van der Waals surface area contributed by atoms with Crippen LogP contribution in [0, 0.1) is 0 Å². The Hall–Kier alpha value is -2.56. The number of nitrogens with zero attached hydrogens (tertiary/aromatic N) is 4. The summed E-state index contributed by atoms with van der Waals surface area (Å²) in [5.41, 5.74) is 1.95. The lowest BCUT2D eigenvalue weighted by molar-refractivity contribution is 0.142. The Bertz CT molecular complexity index is 1040. The Labute approximate surface area is 186 Å². The number of hydrogen-bond acceptors (Lipinski definition) is 8. The molecule has 1 aliphatic heterocycles. The lowest BCUT2D eigenvalue weighted by Gasteiger charge is -2.22. The van der Waals surface area contributed by atoms with E-state index in [0.717, 1.165) is 20.7 Å². The van der Waals surface area contributed by atoms with Gasteiger partial charge in [-0.3, -0.25) is 4.90 Å². The number of aromatic nitrogens is 3. The first-order chi connectivity index (χ1) is 14.4. The number of aliphatic hydroxyl groups is 1. The number of cyclic esters (lactones) is 1. The van der Waals surface area contributed by atoms with Crippen molar-refractivity contribution in [2.45, 2.75) is 32.0 Å². The maximum atomic E-state index is 12.1. The molecule has 1 aromatic carbocycles. The van der Waals surface area contributed by atoms with E-state index in [1.807, 2.05) is 36.6 Å². The lowest BCUT2D eigenvalue weighted by atomic mass is 10.2. The van der Waals surface area contributed by atoms with E-state index >= 15 is 0 Å². The average Bonchev–Trinajstić information content (AvgIpc) is 3.36. The molecule has 10 heteroatoms. The molecule has 0 unspecified atom stereocenters. The Balaban J connectivity index is 1.50. The third-order valence-corrected chi connectivity index (χ3v) is 6.28. The van der Waals surface area contributed by atoms with Crippen molar-refractivity contribution in [1.82, 2.24) is 15.0 Å². The van der Waals surface area contributed by atoms with E-state index in [-0.39, 0.29) is 12.6 Å². The third-order valence-electron chi connectivity index (χ3n) is 4.73. The smallest absolute Gasteiger partial charge is 0.416 e. The highest BCUT2D eigenvalue weighted by Gasteiger charge is 2.38. The minimum absolute atomic E-state index is 0.123. The molecule has 1 saturated heterocycles. The number of carbonyl (C=O) groups is 1. The molecule has 4 rings (SSSR count). The van der Waals surface area contributed by atoms with Crippen LogP contribution in [-0.2, 0) is 4.74 Å². The molecule has 0 bridgehead atoms. The molecule has 0 saturated carbocycles. The first-order valence-corrected chi connectivity index (χ1v) is 11.0. The topological polar surface area (TPSA) is 100 Å². The fraction of sp³-hybridized carbons (Fsp3) is 0.300. The predicted octanol–water partition coefficient (Wildman–Crippen LogP) is 4.24. The molecule has 3 heterocycles. The van der Waals surface area contributed by atoms with Gasteiger partial charge in [-0.2, -0.15) is 4.98 Å². The van der Waals surface area contributed by atoms with Gasteiger partial charge in [-0.1, -0.05) is 28.1 Å². The number of ether oxygens (including phenoxy) is 1. The molecule has 8 nitrogen and oxygen atoms in total. The van der Waals surface area contributed by atoms with Crippen LogP contribution in [0.5, 0.6) is 0 Å². The lowest BCUT2D eigenvalue weighted by Crippen LogP contribution is -2.41. The fourth-order valence-corrected chi connectivity index (χ4v) is 4.20. The molecule has 3 aromatic rings. The van der Waals surface area contributed by atoms with Gasteiger partial charge >= 0.3 is 6.09 Å². The summed E-state index contributed by atoms with van der Waals surface area (Å²) in [6.45, 7) is 3.72. The van der Waals surface area contributed by atoms with Crippen molar-refractivity contribution in [3.8, 4) is 11.3 Å².